The molecule has 0 saturated heterocycles. The summed E-state index contributed by atoms with van der Waals surface area (Å²) in [5, 5.41) is 11.0. The summed E-state index contributed by atoms with van der Waals surface area (Å²) in [7, 11) is 3.47. The zero-order valence-electron chi connectivity index (χ0n) is 15.4. The van der Waals surface area contributed by atoms with Gasteiger partial charge < -0.3 is 15.4 Å². The predicted octanol–water partition coefficient (Wildman–Crippen LogP) is 3.86. The Morgan fingerprint density at radius 3 is 2.72 bits per heavy atom. The van der Waals surface area contributed by atoms with Crippen LogP contribution in [-0.4, -0.2) is 31.6 Å². The SMILES string of the molecule is CN=C(NCc1ncc(C)c(OC)c1C)NCC(C)c1ccsc1.I. The average Bonchev–Trinajstić information content (AvgIpc) is 3.11. The van der Waals surface area contributed by atoms with Gasteiger partial charge in [0.1, 0.15) is 5.75 Å². The van der Waals surface area contributed by atoms with E-state index in [1.807, 2.05) is 20.0 Å². The van der Waals surface area contributed by atoms with Crippen LogP contribution in [0.15, 0.2) is 28.0 Å². The van der Waals surface area contributed by atoms with Crippen molar-refractivity contribution in [1.29, 1.82) is 0 Å². The summed E-state index contributed by atoms with van der Waals surface area (Å²) >= 11 is 1.73. The van der Waals surface area contributed by atoms with Gasteiger partial charge in [-0.05, 0) is 42.2 Å². The first kappa shape index (κ1) is 21.7. The number of aryl methyl sites for hydroxylation is 1. The van der Waals surface area contributed by atoms with Gasteiger partial charge in [0.25, 0.3) is 0 Å². The van der Waals surface area contributed by atoms with Gasteiger partial charge in [-0.15, -0.1) is 24.0 Å². The van der Waals surface area contributed by atoms with E-state index < -0.39 is 0 Å². The summed E-state index contributed by atoms with van der Waals surface area (Å²) in [6.07, 6.45) is 1.84. The number of halogens is 1. The Balaban J connectivity index is 0.00000312. The van der Waals surface area contributed by atoms with Gasteiger partial charge in [0.15, 0.2) is 5.96 Å². The number of hydrogen-bond donors (Lipinski definition) is 2. The highest BCUT2D eigenvalue weighted by Crippen LogP contribution is 2.23. The van der Waals surface area contributed by atoms with Crippen molar-refractivity contribution < 1.29 is 4.74 Å². The molecule has 2 N–H and O–H groups in total. The lowest BCUT2D eigenvalue weighted by Crippen LogP contribution is -2.38. The zero-order chi connectivity index (χ0) is 17.5. The van der Waals surface area contributed by atoms with Gasteiger partial charge >= 0.3 is 0 Å². The Labute approximate surface area is 171 Å². The summed E-state index contributed by atoms with van der Waals surface area (Å²) in [5.41, 5.74) is 4.42. The number of guanidine groups is 1. The van der Waals surface area contributed by atoms with Crippen LogP contribution < -0.4 is 15.4 Å². The van der Waals surface area contributed by atoms with Crippen LogP contribution in [0, 0.1) is 13.8 Å². The quantitative estimate of drug-likeness (QED) is 0.380. The van der Waals surface area contributed by atoms with Crippen molar-refractivity contribution in [3.63, 3.8) is 0 Å². The molecule has 0 radical (unpaired) electrons. The van der Waals surface area contributed by atoms with Crippen molar-refractivity contribution in [2.24, 2.45) is 4.99 Å². The molecule has 2 heterocycles. The molecule has 138 valence electrons. The smallest absolute Gasteiger partial charge is 0.191 e. The second-order valence-electron chi connectivity index (χ2n) is 5.81. The van der Waals surface area contributed by atoms with Crippen LogP contribution in [-0.2, 0) is 6.54 Å². The third kappa shape index (κ3) is 5.85. The van der Waals surface area contributed by atoms with Gasteiger partial charge in [0.2, 0.25) is 0 Å². The van der Waals surface area contributed by atoms with Gasteiger partial charge in [-0.2, -0.15) is 11.3 Å². The molecule has 0 saturated carbocycles. The molecule has 0 aliphatic rings. The molecular weight excluding hydrogens is 447 g/mol. The minimum Gasteiger partial charge on any atom is -0.496 e. The first-order chi connectivity index (χ1) is 11.6. The first-order valence-electron chi connectivity index (χ1n) is 8.02. The van der Waals surface area contributed by atoms with Gasteiger partial charge in [0.05, 0.1) is 19.3 Å². The number of methoxy groups -OCH3 is 1. The number of nitrogens with zero attached hydrogens (tertiary/aromatic N) is 2. The van der Waals surface area contributed by atoms with Crippen molar-refractivity contribution in [2.45, 2.75) is 33.2 Å². The molecule has 25 heavy (non-hydrogen) atoms. The number of rotatable bonds is 6. The van der Waals surface area contributed by atoms with Crippen molar-refractivity contribution in [3.05, 3.63) is 45.4 Å². The molecule has 0 amide bonds. The van der Waals surface area contributed by atoms with Gasteiger partial charge in [-0.25, -0.2) is 0 Å². The molecule has 0 fully saturated rings. The van der Waals surface area contributed by atoms with E-state index in [1.165, 1.54) is 5.56 Å². The molecule has 0 bridgehead atoms. The number of aromatic nitrogens is 1. The highest BCUT2D eigenvalue weighted by atomic mass is 127. The van der Waals surface area contributed by atoms with Crippen molar-refractivity contribution >= 4 is 41.3 Å². The Hall–Kier alpha value is -1.35. The van der Waals surface area contributed by atoms with E-state index in [2.05, 4.69) is 44.4 Å². The topological polar surface area (TPSA) is 58.5 Å². The summed E-state index contributed by atoms with van der Waals surface area (Å²) in [5.74, 6) is 2.11. The van der Waals surface area contributed by atoms with Crippen LogP contribution in [0.2, 0.25) is 0 Å². The van der Waals surface area contributed by atoms with Crippen LogP contribution in [0.1, 0.15) is 35.2 Å². The van der Waals surface area contributed by atoms with E-state index in [9.17, 15) is 0 Å². The predicted molar refractivity (Wildman–Crippen MR) is 117 cm³/mol. The van der Waals surface area contributed by atoms with Crippen LogP contribution >= 0.6 is 35.3 Å². The maximum atomic E-state index is 5.46. The normalized spacial score (nSPS) is 12.3. The lowest BCUT2D eigenvalue weighted by Gasteiger charge is -2.17. The van der Waals surface area contributed by atoms with E-state index >= 15 is 0 Å². The van der Waals surface area contributed by atoms with E-state index in [4.69, 9.17) is 4.74 Å². The number of thiophene rings is 1. The molecule has 0 spiro atoms. The molecule has 1 atom stereocenters. The van der Waals surface area contributed by atoms with Crippen LogP contribution in [0.4, 0.5) is 0 Å². The third-order valence-corrected chi connectivity index (χ3v) is 4.79. The standard InChI is InChI=1S/C18H26N4OS.HI/c1-12(15-6-7-24-11-15)8-21-18(19-4)22-10-16-14(3)17(23-5)13(2)9-20-16;/h6-7,9,11-12H,8,10H2,1-5H3,(H2,19,21,22);1H. The minimum absolute atomic E-state index is 0. The Morgan fingerprint density at radius 2 is 2.12 bits per heavy atom. The number of hydrogen-bond acceptors (Lipinski definition) is 4. The van der Waals surface area contributed by atoms with Gasteiger partial charge in [-0.1, -0.05) is 6.92 Å². The first-order valence-corrected chi connectivity index (χ1v) is 8.96. The fraction of sp³-hybridized carbons (Fsp3) is 0.444. The molecule has 2 aromatic heterocycles. The molecule has 5 nitrogen and oxygen atoms in total. The second-order valence-corrected chi connectivity index (χ2v) is 6.59. The third-order valence-electron chi connectivity index (χ3n) is 4.08. The van der Waals surface area contributed by atoms with E-state index in [1.54, 1.807) is 25.5 Å². The van der Waals surface area contributed by atoms with Crippen molar-refractivity contribution in [2.75, 3.05) is 20.7 Å². The fourth-order valence-corrected chi connectivity index (χ4v) is 3.34. The van der Waals surface area contributed by atoms with Gasteiger partial charge in [0, 0.05) is 30.9 Å². The van der Waals surface area contributed by atoms with Gasteiger partial charge in [-0.3, -0.25) is 9.98 Å². The van der Waals surface area contributed by atoms with E-state index in [0.29, 0.717) is 12.5 Å². The molecule has 2 rings (SSSR count). The summed E-state index contributed by atoms with van der Waals surface area (Å²) in [6.45, 7) is 7.68. The summed E-state index contributed by atoms with van der Waals surface area (Å²) < 4.78 is 5.46. The molecule has 1 unspecified atom stereocenters. The molecule has 0 aromatic carbocycles. The molecule has 0 aliphatic carbocycles. The van der Waals surface area contributed by atoms with Crippen molar-refractivity contribution in [3.8, 4) is 5.75 Å². The Bertz CT molecular complexity index is 689. The minimum atomic E-state index is 0. The highest BCUT2D eigenvalue weighted by Gasteiger charge is 2.11. The summed E-state index contributed by atoms with van der Waals surface area (Å²) in [4.78, 5) is 8.79. The summed E-state index contributed by atoms with van der Waals surface area (Å²) in [6, 6.07) is 2.17. The van der Waals surface area contributed by atoms with Crippen LogP contribution in [0.5, 0.6) is 5.75 Å². The molecule has 0 aliphatic heterocycles. The largest absolute Gasteiger partial charge is 0.496 e. The Kier molecular flexibility index (Phi) is 9.20. The van der Waals surface area contributed by atoms with Crippen LogP contribution in [0.25, 0.3) is 0 Å². The maximum absolute atomic E-state index is 5.46. The van der Waals surface area contributed by atoms with E-state index in [0.717, 1.165) is 35.1 Å². The van der Waals surface area contributed by atoms with Crippen molar-refractivity contribution in [1.82, 2.24) is 15.6 Å². The Morgan fingerprint density at radius 1 is 1.36 bits per heavy atom. The zero-order valence-corrected chi connectivity index (χ0v) is 18.6. The lowest BCUT2D eigenvalue weighted by molar-refractivity contribution is 0.406. The maximum Gasteiger partial charge on any atom is 0.191 e. The number of nitrogens with one attached hydrogen (secondary N) is 2. The average molecular weight is 474 g/mol. The monoisotopic (exact) mass is 474 g/mol. The molecular formula is C18H27IN4OS. The second kappa shape index (κ2) is 10.6. The van der Waals surface area contributed by atoms with E-state index in [-0.39, 0.29) is 24.0 Å². The number of ether oxygens (including phenoxy) is 1. The van der Waals surface area contributed by atoms with Crippen LogP contribution in [0.3, 0.4) is 0 Å². The molecule has 7 heteroatoms. The number of pyridine rings is 1. The lowest BCUT2D eigenvalue weighted by atomic mass is 10.1. The highest BCUT2D eigenvalue weighted by molar-refractivity contribution is 14.0. The molecule has 2 aromatic rings. The fourth-order valence-electron chi connectivity index (χ4n) is 2.56. The number of aliphatic imine (C=N–C) groups is 1.